The fraction of sp³-hybridized carbons (Fsp3) is 0.400. The molecule has 0 unspecified atom stereocenters. The van der Waals surface area contributed by atoms with E-state index in [-0.39, 0.29) is 6.10 Å². The standard InChI is InChI=1S/C15H20N2O4/c1-3-5-21-13-8-10(15(18)19-2)7-12(14(13)16)17-9-11-4-6-20-11/h3,7-8,11,17H,1,4-6,9,16H2,2H3/t11-/m0/s1. The molecule has 0 radical (unpaired) electrons. The van der Waals surface area contributed by atoms with Crippen LogP contribution in [0.25, 0.3) is 0 Å². The molecular formula is C15H20N2O4. The molecule has 1 heterocycles. The first-order chi connectivity index (χ1) is 10.2. The van der Waals surface area contributed by atoms with Crippen molar-refractivity contribution in [3.05, 3.63) is 30.4 Å². The van der Waals surface area contributed by atoms with Crippen LogP contribution in [0.5, 0.6) is 5.75 Å². The van der Waals surface area contributed by atoms with Crippen LogP contribution in [0.3, 0.4) is 0 Å². The van der Waals surface area contributed by atoms with Gasteiger partial charge in [-0.15, -0.1) is 0 Å². The van der Waals surface area contributed by atoms with Crippen molar-refractivity contribution in [1.82, 2.24) is 0 Å². The van der Waals surface area contributed by atoms with Crippen molar-refractivity contribution in [3.8, 4) is 5.75 Å². The molecule has 6 heteroatoms. The first kappa shape index (κ1) is 15.2. The second-order valence-electron chi connectivity index (χ2n) is 4.69. The van der Waals surface area contributed by atoms with E-state index in [1.807, 2.05) is 0 Å². The third-order valence-electron chi connectivity index (χ3n) is 3.23. The van der Waals surface area contributed by atoms with E-state index in [9.17, 15) is 4.79 Å². The molecule has 0 bridgehead atoms. The van der Waals surface area contributed by atoms with Gasteiger partial charge in [0, 0.05) is 13.2 Å². The molecule has 0 spiro atoms. The summed E-state index contributed by atoms with van der Waals surface area (Å²) >= 11 is 0. The predicted octanol–water partition coefficient (Wildman–Crippen LogP) is 1.82. The van der Waals surface area contributed by atoms with Gasteiger partial charge in [0.1, 0.15) is 12.4 Å². The fourth-order valence-electron chi connectivity index (χ4n) is 1.95. The number of anilines is 2. The lowest BCUT2D eigenvalue weighted by Gasteiger charge is -2.27. The Hall–Kier alpha value is -2.21. The normalized spacial score (nSPS) is 16.7. The van der Waals surface area contributed by atoms with Gasteiger partial charge >= 0.3 is 5.97 Å². The molecule has 3 N–H and O–H groups in total. The van der Waals surface area contributed by atoms with Crippen LogP contribution in [-0.4, -0.2) is 38.9 Å². The molecule has 21 heavy (non-hydrogen) atoms. The molecule has 1 aromatic carbocycles. The maximum absolute atomic E-state index is 11.7. The van der Waals surface area contributed by atoms with Crippen LogP contribution < -0.4 is 15.8 Å². The molecule has 1 aromatic rings. The Morgan fingerprint density at radius 1 is 1.62 bits per heavy atom. The van der Waals surface area contributed by atoms with Gasteiger partial charge in [0.25, 0.3) is 0 Å². The smallest absolute Gasteiger partial charge is 0.338 e. The van der Waals surface area contributed by atoms with E-state index in [2.05, 4.69) is 11.9 Å². The van der Waals surface area contributed by atoms with Gasteiger partial charge in [0.05, 0.1) is 30.2 Å². The third kappa shape index (κ3) is 3.66. The Kier molecular flexibility index (Phi) is 5.05. The number of carbonyl (C=O) groups is 1. The molecule has 1 saturated heterocycles. The van der Waals surface area contributed by atoms with E-state index in [1.165, 1.54) is 7.11 Å². The molecule has 1 aliphatic heterocycles. The van der Waals surface area contributed by atoms with Gasteiger partial charge in [-0.3, -0.25) is 0 Å². The quantitative estimate of drug-likeness (QED) is 0.453. The van der Waals surface area contributed by atoms with Crippen molar-refractivity contribution in [2.75, 3.05) is 37.9 Å². The fourth-order valence-corrected chi connectivity index (χ4v) is 1.95. The number of benzene rings is 1. The maximum atomic E-state index is 11.7. The van der Waals surface area contributed by atoms with Gasteiger partial charge in [0.2, 0.25) is 0 Å². The van der Waals surface area contributed by atoms with Crippen LogP contribution in [-0.2, 0) is 9.47 Å². The molecule has 6 nitrogen and oxygen atoms in total. The first-order valence-corrected chi connectivity index (χ1v) is 6.76. The number of nitrogens with one attached hydrogen (secondary N) is 1. The van der Waals surface area contributed by atoms with Crippen molar-refractivity contribution < 1.29 is 19.0 Å². The number of esters is 1. The van der Waals surface area contributed by atoms with Crippen LogP contribution >= 0.6 is 0 Å². The topological polar surface area (TPSA) is 82.8 Å². The zero-order valence-corrected chi connectivity index (χ0v) is 12.1. The molecule has 114 valence electrons. The summed E-state index contributed by atoms with van der Waals surface area (Å²) < 4.78 is 15.6. The number of rotatable bonds is 7. The lowest BCUT2D eigenvalue weighted by atomic mass is 10.1. The number of methoxy groups -OCH3 is 1. The summed E-state index contributed by atoms with van der Waals surface area (Å²) in [6.07, 6.45) is 2.81. The van der Waals surface area contributed by atoms with Gasteiger partial charge in [-0.2, -0.15) is 0 Å². The van der Waals surface area contributed by atoms with Crippen molar-refractivity contribution in [1.29, 1.82) is 0 Å². The summed E-state index contributed by atoms with van der Waals surface area (Å²) in [5.41, 5.74) is 7.52. The average molecular weight is 292 g/mol. The number of nitrogens with two attached hydrogens (primary N) is 1. The zero-order valence-electron chi connectivity index (χ0n) is 12.1. The summed E-state index contributed by atoms with van der Waals surface area (Å²) in [7, 11) is 1.33. The highest BCUT2D eigenvalue weighted by atomic mass is 16.5. The molecule has 0 saturated carbocycles. The Balaban J connectivity index is 2.21. The maximum Gasteiger partial charge on any atom is 0.338 e. The predicted molar refractivity (Wildman–Crippen MR) is 80.7 cm³/mol. The van der Waals surface area contributed by atoms with Crippen LogP contribution in [0, 0.1) is 0 Å². The van der Waals surface area contributed by atoms with Gasteiger partial charge < -0.3 is 25.3 Å². The Morgan fingerprint density at radius 2 is 2.38 bits per heavy atom. The van der Waals surface area contributed by atoms with Crippen LogP contribution in [0.4, 0.5) is 11.4 Å². The SMILES string of the molecule is C=CCOc1cc(C(=O)OC)cc(NC[C@@H]2CCO2)c1N. The van der Waals surface area contributed by atoms with Crippen LogP contribution in [0.1, 0.15) is 16.8 Å². The van der Waals surface area contributed by atoms with Crippen molar-refractivity contribution in [2.45, 2.75) is 12.5 Å². The summed E-state index contributed by atoms with van der Waals surface area (Å²) in [5.74, 6) is -0.0174. The molecular weight excluding hydrogens is 272 g/mol. The minimum Gasteiger partial charge on any atom is -0.487 e. The molecule has 1 aliphatic rings. The van der Waals surface area contributed by atoms with E-state index >= 15 is 0 Å². The minimum atomic E-state index is -0.443. The highest BCUT2D eigenvalue weighted by Crippen LogP contribution is 2.32. The van der Waals surface area contributed by atoms with Gasteiger partial charge in [-0.25, -0.2) is 4.79 Å². The second kappa shape index (κ2) is 6.99. The van der Waals surface area contributed by atoms with Gasteiger partial charge in [-0.05, 0) is 18.6 Å². The molecule has 1 fully saturated rings. The van der Waals surface area contributed by atoms with E-state index in [0.29, 0.717) is 35.8 Å². The Labute approximate surface area is 123 Å². The Bertz CT molecular complexity index is 527. The molecule has 0 aliphatic carbocycles. The van der Waals surface area contributed by atoms with Crippen molar-refractivity contribution in [3.63, 3.8) is 0 Å². The molecule has 0 amide bonds. The van der Waals surface area contributed by atoms with Crippen molar-refractivity contribution in [2.24, 2.45) is 0 Å². The number of hydrogen-bond donors (Lipinski definition) is 2. The summed E-state index contributed by atoms with van der Waals surface area (Å²) in [5, 5.41) is 3.19. The summed E-state index contributed by atoms with van der Waals surface area (Å²) in [6.45, 7) is 5.32. The lowest BCUT2D eigenvalue weighted by molar-refractivity contribution is -0.0410. The van der Waals surface area contributed by atoms with E-state index in [0.717, 1.165) is 13.0 Å². The zero-order chi connectivity index (χ0) is 15.2. The van der Waals surface area contributed by atoms with Crippen LogP contribution in [0.2, 0.25) is 0 Å². The average Bonchev–Trinajstić information content (AvgIpc) is 2.45. The second-order valence-corrected chi connectivity index (χ2v) is 4.69. The highest BCUT2D eigenvalue weighted by molar-refractivity contribution is 5.93. The number of hydrogen-bond acceptors (Lipinski definition) is 6. The van der Waals surface area contributed by atoms with E-state index in [4.69, 9.17) is 19.9 Å². The van der Waals surface area contributed by atoms with Gasteiger partial charge in [-0.1, -0.05) is 12.7 Å². The molecule has 2 rings (SSSR count). The van der Waals surface area contributed by atoms with E-state index < -0.39 is 5.97 Å². The number of ether oxygens (including phenoxy) is 3. The highest BCUT2D eigenvalue weighted by Gasteiger charge is 2.19. The first-order valence-electron chi connectivity index (χ1n) is 6.76. The minimum absolute atomic E-state index is 0.184. The van der Waals surface area contributed by atoms with Crippen LogP contribution in [0.15, 0.2) is 24.8 Å². The third-order valence-corrected chi connectivity index (χ3v) is 3.23. The largest absolute Gasteiger partial charge is 0.487 e. The summed E-state index contributed by atoms with van der Waals surface area (Å²) in [6, 6.07) is 3.22. The van der Waals surface area contributed by atoms with Gasteiger partial charge in [0.15, 0.2) is 0 Å². The summed E-state index contributed by atoms with van der Waals surface area (Å²) in [4.78, 5) is 11.7. The number of nitrogen functional groups attached to an aromatic ring is 1. The van der Waals surface area contributed by atoms with Crippen molar-refractivity contribution >= 4 is 17.3 Å². The Morgan fingerprint density at radius 3 is 2.95 bits per heavy atom. The lowest BCUT2D eigenvalue weighted by Crippen LogP contribution is -2.33. The molecule has 1 atom stereocenters. The number of carbonyl (C=O) groups excluding carboxylic acids is 1. The van der Waals surface area contributed by atoms with E-state index in [1.54, 1.807) is 18.2 Å². The molecule has 0 aromatic heterocycles. The monoisotopic (exact) mass is 292 g/mol.